The molecule has 1 nitrogen and oxygen atoms in total. The van der Waals surface area contributed by atoms with E-state index < -0.39 is 17.7 Å². The van der Waals surface area contributed by atoms with Crippen LogP contribution in [-0.4, -0.2) is 16.1 Å². The first-order valence-electron chi connectivity index (χ1n) is 6.02. The van der Waals surface area contributed by atoms with E-state index in [4.69, 9.17) is 0 Å². The molecule has 0 aliphatic heterocycles. The molecule has 1 atom stereocenters. The van der Waals surface area contributed by atoms with Gasteiger partial charge in [0.2, 0.25) is 0 Å². The van der Waals surface area contributed by atoms with Crippen molar-refractivity contribution in [2.45, 2.75) is 37.0 Å². The van der Waals surface area contributed by atoms with E-state index in [1.165, 1.54) is 25.0 Å². The Balaban J connectivity index is 2.03. The van der Waals surface area contributed by atoms with E-state index in [1.807, 2.05) is 0 Å². The van der Waals surface area contributed by atoms with Crippen molar-refractivity contribution >= 4 is 27.7 Å². The van der Waals surface area contributed by atoms with Gasteiger partial charge in [-0.25, -0.2) is 8.78 Å². The molecule has 1 aliphatic rings. The maximum Gasteiger partial charge on any atom is 0.146 e. The normalized spacial score (nSPS) is 18.2. The summed E-state index contributed by atoms with van der Waals surface area (Å²) in [4.78, 5) is 0. The van der Waals surface area contributed by atoms with Gasteiger partial charge in [0.15, 0.2) is 0 Å². The maximum absolute atomic E-state index is 13.8. The molecule has 1 aliphatic carbocycles. The minimum atomic E-state index is -1.09. The number of hydrogen-bond donors (Lipinski definition) is 1. The van der Waals surface area contributed by atoms with Crippen molar-refractivity contribution in [1.29, 1.82) is 0 Å². The number of rotatable bonds is 4. The summed E-state index contributed by atoms with van der Waals surface area (Å²) >= 11 is 4.62. The van der Waals surface area contributed by atoms with E-state index in [9.17, 15) is 13.9 Å². The highest BCUT2D eigenvalue weighted by Crippen LogP contribution is 2.34. The number of aliphatic hydroxyl groups excluding tert-OH is 1. The third kappa shape index (κ3) is 3.25. The van der Waals surface area contributed by atoms with E-state index in [2.05, 4.69) is 15.9 Å². The molecule has 1 saturated carbocycles. The van der Waals surface area contributed by atoms with Gasteiger partial charge in [-0.15, -0.1) is 0 Å². The minimum Gasteiger partial charge on any atom is -0.387 e. The molecule has 18 heavy (non-hydrogen) atoms. The summed E-state index contributed by atoms with van der Waals surface area (Å²) in [7, 11) is 0. The Labute approximate surface area is 118 Å². The summed E-state index contributed by atoms with van der Waals surface area (Å²) in [6.45, 7) is 0. The molecule has 1 fully saturated rings. The topological polar surface area (TPSA) is 20.2 Å². The van der Waals surface area contributed by atoms with Crippen molar-refractivity contribution in [3.63, 3.8) is 0 Å². The quantitative estimate of drug-likeness (QED) is 0.820. The molecule has 0 amide bonds. The van der Waals surface area contributed by atoms with Crippen LogP contribution in [0.15, 0.2) is 16.6 Å². The lowest BCUT2D eigenvalue weighted by atomic mass is 10.1. The lowest BCUT2D eigenvalue weighted by molar-refractivity contribution is 0.193. The molecule has 1 aromatic rings. The second-order valence-corrected chi connectivity index (χ2v) is 6.70. The largest absolute Gasteiger partial charge is 0.387 e. The Hall–Kier alpha value is -0.130. The predicted octanol–water partition coefficient (Wildman–Crippen LogP) is 4.44. The Morgan fingerprint density at radius 3 is 2.67 bits per heavy atom. The SMILES string of the molecule is OC(CSC1CCCC1)c1c(F)ccc(Br)c1F. The Bertz CT molecular complexity index is 422. The van der Waals surface area contributed by atoms with Crippen LogP contribution in [0, 0.1) is 11.6 Å². The van der Waals surface area contributed by atoms with Crippen LogP contribution in [0.5, 0.6) is 0 Å². The first-order chi connectivity index (χ1) is 8.59. The number of benzene rings is 1. The van der Waals surface area contributed by atoms with Crippen LogP contribution in [0.3, 0.4) is 0 Å². The molecule has 0 radical (unpaired) electrons. The zero-order valence-electron chi connectivity index (χ0n) is 9.83. The van der Waals surface area contributed by atoms with Crippen molar-refractivity contribution < 1.29 is 13.9 Å². The van der Waals surface area contributed by atoms with Crippen LogP contribution < -0.4 is 0 Å². The predicted molar refractivity (Wildman–Crippen MR) is 73.7 cm³/mol. The molecule has 0 bridgehead atoms. The monoisotopic (exact) mass is 336 g/mol. The molecule has 2 rings (SSSR count). The van der Waals surface area contributed by atoms with Gasteiger partial charge >= 0.3 is 0 Å². The Kier molecular flexibility index (Phi) is 5.04. The highest BCUT2D eigenvalue weighted by molar-refractivity contribution is 9.10. The van der Waals surface area contributed by atoms with E-state index in [1.54, 1.807) is 11.8 Å². The van der Waals surface area contributed by atoms with Crippen LogP contribution >= 0.6 is 27.7 Å². The number of aliphatic hydroxyl groups is 1. The van der Waals surface area contributed by atoms with Gasteiger partial charge in [0.05, 0.1) is 16.1 Å². The van der Waals surface area contributed by atoms with Crippen molar-refractivity contribution in [1.82, 2.24) is 0 Å². The molecule has 0 spiro atoms. The lowest BCUT2D eigenvalue weighted by Gasteiger charge is -2.16. The van der Waals surface area contributed by atoms with Crippen LogP contribution in [0.4, 0.5) is 8.78 Å². The molecule has 100 valence electrons. The average Bonchev–Trinajstić information content (AvgIpc) is 2.85. The summed E-state index contributed by atoms with van der Waals surface area (Å²) in [6, 6.07) is 2.48. The standard InChI is InChI=1S/C13H15BrF2OS/c14-9-5-6-10(15)12(13(9)16)11(17)7-18-8-3-1-2-4-8/h5-6,8,11,17H,1-4,7H2. The van der Waals surface area contributed by atoms with Crippen molar-refractivity contribution in [3.8, 4) is 0 Å². The van der Waals surface area contributed by atoms with Gasteiger partial charge < -0.3 is 5.11 Å². The summed E-state index contributed by atoms with van der Waals surface area (Å²) in [5.74, 6) is -1.04. The van der Waals surface area contributed by atoms with Gasteiger partial charge in [0.25, 0.3) is 0 Å². The summed E-state index contributed by atoms with van der Waals surface area (Å²) in [5, 5.41) is 10.5. The zero-order chi connectivity index (χ0) is 13.1. The molecular formula is C13H15BrF2OS. The lowest BCUT2D eigenvalue weighted by Crippen LogP contribution is -2.09. The Morgan fingerprint density at radius 1 is 1.33 bits per heavy atom. The molecule has 0 aromatic heterocycles. The first-order valence-corrected chi connectivity index (χ1v) is 7.87. The van der Waals surface area contributed by atoms with E-state index in [0.29, 0.717) is 11.0 Å². The van der Waals surface area contributed by atoms with E-state index in [0.717, 1.165) is 12.8 Å². The van der Waals surface area contributed by atoms with Gasteiger partial charge in [0, 0.05) is 11.0 Å². The number of hydrogen-bond acceptors (Lipinski definition) is 2. The first kappa shape index (κ1) is 14.3. The molecule has 1 unspecified atom stereocenters. The van der Waals surface area contributed by atoms with Crippen LogP contribution in [-0.2, 0) is 0 Å². The Morgan fingerprint density at radius 2 is 2.00 bits per heavy atom. The summed E-state index contributed by atoms with van der Waals surface area (Å²) < 4.78 is 27.5. The van der Waals surface area contributed by atoms with Gasteiger partial charge in [-0.3, -0.25) is 0 Å². The smallest absolute Gasteiger partial charge is 0.146 e. The summed E-state index contributed by atoms with van der Waals surface area (Å²) in [6.07, 6.45) is 3.62. The van der Waals surface area contributed by atoms with Crippen molar-refractivity contribution in [3.05, 3.63) is 33.8 Å². The molecule has 1 N–H and O–H groups in total. The fourth-order valence-electron chi connectivity index (χ4n) is 2.21. The summed E-state index contributed by atoms with van der Waals surface area (Å²) in [5.41, 5.74) is -0.227. The molecule has 1 aromatic carbocycles. The molecule has 0 heterocycles. The van der Waals surface area contributed by atoms with Crippen molar-refractivity contribution in [2.75, 3.05) is 5.75 Å². The molecular weight excluding hydrogens is 322 g/mol. The third-order valence-electron chi connectivity index (χ3n) is 3.20. The number of halogens is 3. The van der Waals surface area contributed by atoms with Crippen LogP contribution in [0.2, 0.25) is 0 Å². The maximum atomic E-state index is 13.8. The van der Waals surface area contributed by atoms with Gasteiger partial charge in [-0.05, 0) is 40.9 Å². The second kappa shape index (κ2) is 6.35. The third-order valence-corrected chi connectivity index (χ3v) is 5.27. The van der Waals surface area contributed by atoms with Crippen LogP contribution in [0.1, 0.15) is 37.4 Å². The number of thioether (sulfide) groups is 1. The molecule has 0 saturated heterocycles. The fourth-order valence-corrected chi connectivity index (χ4v) is 3.85. The fraction of sp³-hybridized carbons (Fsp3) is 0.538. The highest BCUT2D eigenvalue weighted by atomic mass is 79.9. The minimum absolute atomic E-state index is 0.184. The molecule has 5 heteroatoms. The van der Waals surface area contributed by atoms with Gasteiger partial charge in [0.1, 0.15) is 11.6 Å². The van der Waals surface area contributed by atoms with Gasteiger partial charge in [-0.1, -0.05) is 12.8 Å². The highest BCUT2D eigenvalue weighted by Gasteiger charge is 2.22. The zero-order valence-corrected chi connectivity index (χ0v) is 12.2. The van der Waals surface area contributed by atoms with E-state index >= 15 is 0 Å². The van der Waals surface area contributed by atoms with Gasteiger partial charge in [-0.2, -0.15) is 11.8 Å². The second-order valence-electron chi connectivity index (χ2n) is 4.51. The van der Waals surface area contributed by atoms with E-state index in [-0.39, 0.29) is 10.0 Å². The van der Waals surface area contributed by atoms with Crippen LogP contribution in [0.25, 0.3) is 0 Å². The average molecular weight is 337 g/mol. The van der Waals surface area contributed by atoms with Crippen molar-refractivity contribution in [2.24, 2.45) is 0 Å².